The lowest BCUT2D eigenvalue weighted by Crippen LogP contribution is -2.39. The molecule has 1 aromatic rings. The highest BCUT2D eigenvalue weighted by atomic mass is 32.2. The monoisotopic (exact) mass is 479 g/mol. The van der Waals surface area contributed by atoms with Gasteiger partial charge in [-0.3, -0.25) is 10.1 Å². The van der Waals surface area contributed by atoms with E-state index in [2.05, 4.69) is 10.0 Å². The number of hydrogen-bond donors (Lipinski definition) is 2. The van der Waals surface area contributed by atoms with Gasteiger partial charge in [0.2, 0.25) is 16.4 Å². The molecule has 0 heterocycles. The van der Waals surface area contributed by atoms with Gasteiger partial charge < -0.3 is 9.64 Å². The molecule has 3 amide bonds. The highest BCUT2D eigenvalue weighted by Gasteiger charge is 2.47. The van der Waals surface area contributed by atoms with Crippen LogP contribution in [0.15, 0.2) is 18.2 Å². The van der Waals surface area contributed by atoms with Gasteiger partial charge in [0.25, 0.3) is 6.43 Å². The summed E-state index contributed by atoms with van der Waals surface area (Å²) in [6.45, 7) is 1.63. The zero-order valence-electron chi connectivity index (χ0n) is 17.8. The average molecular weight is 480 g/mol. The highest BCUT2D eigenvalue weighted by Crippen LogP contribution is 2.47. The molecule has 0 unspecified atom stereocenters. The first kappa shape index (κ1) is 25.9. The summed E-state index contributed by atoms with van der Waals surface area (Å²) in [7, 11) is -3.65. The van der Waals surface area contributed by atoms with E-state index in [0.717, 1.165) is 6.07 Å². The number of rotatable bonds is 14. The van der Waals surface area contributed by atoms with Gasteiger partial charge in [-0.15, -0.1) is 0 Å². The van der Waals surface area contributed by atoms with Gasteiger partial charge in [0.15, 0.2) is 11.6 Å². The molecule has 1 saturated carbocycles. The lowest BCUT2D eigenvalue weighted by atomic mass is 10.1. The number of alkyl halides is 2. The Morgan fingerprint density at radius 2 is 2.00 bits per heavy atom. The molecule has 2 N–H and O–H groups in total. The second-order valence-corrected chi connectivity index (χ2v) is 9.40. The maximum atomic E-state index is 13.8. The topological polar surface area (TPSA) is 105 Å². The van der Waals surface area contributed by atoms with Gasteiger partial charge in [-0.1, -0.05) is 12.5 Å². The van der Waals surface area contributed by atoms with Crippen LogP contribution in [0.4, 0.5) is 18.0 Å². The Labute approximate surface area is 185 Å². The fourth-order valence-corrected chi connectivity index (χ4v) is 4.91. The number of carbonyl (C=O) groups is 2. The average Bonchev–Trinajstić information content (AvgIpc) is 3.49. The zero-order valence-corrected chi connectivity index (χ0v) is 18.6. The number of ether oxygens (including phenoxy) is 1. The summed E-state index contributed by atoms with van der Waals surface area (Å²) >= 11 is 0. The zero-order chi connectivity index (χ0) is 23.8. The van der Waals surface area contributed by atoms with Gasteiger partial charge in [-0.05, 0) is 50.3 Å². The summed E-state index contributed by atoms with van der Waals surface area (Å²) in [4.78, 5) is 23.4. The van der Waals surface area contributed by atoms with Crippen molar-refractivity contribution in [2.75, 3.05) is 25.4 Å². The van der Waals surface area contributed by atoms with E-state index in [4.69, 9.17) is 4.74 Å². The number of carbonyl (C=O) groups excluding carboxylic acids is 2. The van der Waals surface area contributed by atoms with Crippen molar-refractivity contribution in [1.29, 1.82) is 0 Å². The summed E-state index contributed by atoms with van der Waals surface area (Å²) in [6, 6.07) is 3.26. The number of amides is 3. The van der Waals surface area contributed by atoms with Gasteiger partial charge in [0, 0.05) is 13.1 Å². The molecule has 1 fully saturated rings. The van der Waals surface area contributed by atoms with Crippen molar-refractivity contribution in [3.63, 3.8) is 0 Å². The predicted molar refractivity (Wildman–Crippen MR) is 111 cm³/mol. The Kier molecular flexibility index (Phi) is 9.32. The Morgan fingerprint density at radius 1 is 1.28 bits per heavy atom. The maximum Gasteiger partial charge on any atom is 0.323 e. The van der Waals surface area contributed by atoms with Crippen LogP contribution in [0.25, 0.3) is 0 Å². The minimum absolute atomic E-state index is 0.128. The van der Waals surface area contributed by atoms with Gasteiger partial charge in [0.05, 0.1) is 11.3 Å². The molecule has 2 rings (SSSR count). The molecular weight excluding hydrogens is 451 g/mol. The van der Waals surface area contributed by atoms with Crippen LogP contribution in [0.5, 0.6) is 5.75 Å². The van der Waals surface area contributed by atoms with Crippen LogP contribution in [0, 0.1) is 5.82 Å². The smallest absolute Gasteiger partial charge is 0.323 e. The first-order chi connectivity index (χ1) is 15.1. The summed E-state index contributed by atoms with van der Waals surface area (Å²) in [5.74, 6) is -1.26. The Bertz CT molecular complexity index is 894. The van der Waals surface area contributed by atoms with E-state index in [-0.39, 0.29) is 11.5 Å². The molecule has 32 heavy (non-hydrogen) atoms. The summed E-state index contributed by atoms with van der Waals surface area (Å²) in [5.41, 5.74) is -0.423. The van der Waals surface area contributed by atoms with E-state index in [1.807, 2.05) is 0 Å². The largest absolute Gasteiger partial charge is 0.485 e. The molecule has 12 heteroatoms. The van der Waals surface area contributed by atoms with Crippen LogP contribution < -0.4 is 14.8 Å². The van der Waals surface area contributed by atoms with Gasteiger partial charge in [-0.25, -0.2) is 31.1 Å². The number of sulfonamides is 1. The van der Waals surface area contributed by atoms with Crippen molar-refractivity contribution in [3.8, 4) is 5.75 Å². The minimum Gasteiger partial charge on any atom is -0.485 e. The van der Waals surface area contributed by atoms with Gasteiger partial charge in [0.1, 0.15) is 6.61 Å². The van der Waals surface area contributed by atoms with Crippen LogP contribution in [-0.2, 0) is 20.4 Å². The number of unbranched alkanes of at least 4 members (excludes halogenated alkanes) is 2. The van der Waals surface area contributed by atoms with Crippen LogP contribution in [0.1, 0.15) is 44.6 Å². The third-order valence-electron chi connectivity index (χ3n) is 5.14. The fourth-order valence-electron chi connectivity index (χ4n) is 3.30. The maximum absolute atomic E-state index is 13.8. The lowest BCUT2D eigenvalue weighted by molar-refractivity contribution is -0.108. The third-order valence-corrected chi connectivity index (χ3v) is 6.67. The SMILES string of the molecule is CCN(CCCCCS(=O)(=O)NC1(c2ccc(F)c(OCC(F)F)c2)CC1)C(=O)NC=O. The number of hydrogen-bond acceptors (Lipinski definition) is 5. The molecule has 0 bridgehead atoms. The molecule has 0 aromatic heterocycles. The van der Waals surface area contributed by atoms with E-state index in [9.17, 15) is 31.2 Å². The molecule has 0 saturated heterocycles. The number of imide groups is 1. The molecule has 1 aliphatic rings. The number of halogens is 3. The second-order valence-electron chi connectivity index (χ2n) is 7.56. The second kappa shape index (κ2) is 11.5. The predicted octanol–water partition coefficient (Wildman–Crippen LogP) is 2.74. The number of urea groups is 1. The highest BCUT2D eigenvalue weighted by molar-refractivity contribution is 7.89. The molecule has 0 atom stereocenters. The van der Waals surface area contributed by atoms with Gasteiger partial charge in [-0.2, -0.15) is 0 Å². The summed E-state index contributed by atoms with van der Waals surface area (Å²) in [6.07, 6.45) is 0.0589. The molecule has 180 valence electrons. The summed E-state index contributed by atoms with van der Waals surface area (Å²) in [5, 5.41) is 2.06. The first-order valence-corrected chi connectivity index (χ1v) is 12.0. The van der Waals surface area contributed by atoms with Crippen molar-refractivity contribution < 1.29 is 35.9 Å². The molecule has 1 aromatic carbocycles. The number of nitrogens with zero attached hydrogens (tertiary/aromatic N) is 1. The Morgan fingerprint density at radius 3 is 2.59 bits per heavy atom. The van der Waals surface area contributed by atoms with Crippen LogP contribution in [0.3, 0.4) is 0 Å². The molecular formula is C20H28F3N3O5S. The summed E-state index contributed by atoms with van der Waals surface area (Å²) < 4.78 is 71.1. The molecule has 8 nitrogen and oxygen atoms in total. The van der Waals surface area contributed by atoms with Crippen molar-refractivity contribution in [2.45, 2.75) is 51.0 Å². The van der Waals surface area contributed by atoms with Crippen molar-refractivity contribution in [2.24, 2.45) is 0 Å². The molecule has 1 aliphatic carbocycles. The fraction of sp³-hybridized carbons (Fsp3) is 0.600. The first-order valence-electron chi connectivity index (χ1n) is 10.3. The molecule has 0 aliphatic heterocycles. The lowest BCUT2D eigenvalue weighted by Gasteiger charge is -2.20. The van der Waals surface area contributed by atoms with E-state index >= 15 is 0 Å². The van der Waals surface area contributed by atoms with E-state index < -0.39 is 40.4 Å². The number of nitrogens with one attached hydrogen (secondary N) is 2. The van der Waals surface area contributed by atoms with E-state index in [1.54, 1.807) is 6.92 Å². The molecule has 0 radical (unpaired) electrons. The van der Waals surface area contributed by atoms with Crippen molar-refractivity contribution in [1.82, 2.24) is 14.9 Å². The minimum atomic E-state index is -3.65. The van der Waals surface area contributed by atoms with Gasteiger partial charge >= 0.3 is 6.03 Å². The Hall–Kier alpha value is -2.34. The standard InChI is InChI=1S/C20H28F3N3O5S/c1-2-26(19(28)24-14-27)10-4-3-5-11-32(29,30)25-20(8-9-20)15-6-7-16(21)17(12-15)31-13-18(22)23/h6-7,12,14,18,25H,2-5,8-11,13H2,1H3,(H,24,27,28). The van der Waals surface area contributed by atoms with Crippen LogP contribution in [-0.4, -0.2) is 57.6 Å². The van der Waals surface area contributed by atoms with E-state index in [0.29, 0.717) is 57.2 Å². The molecule has 0 spiro atoms. The van der Waals surface area contributed by atoms with Crippen molar-refractivity contribution in [3.05, 3.63) is 29.6 Å². The number of benzene rings is 1. The van der Waals surface area contributed by atoms with Crippen LogP contribution in [0.2, 0.25) is 0 Å². The quantitative estimate of drug-likeness (QED) is 0.315. The van der Waals surface area contributed by atoms with Crippen LogP contribution >= 0.6 is 0 Å². The van der Waals surface area contributed by atoms with E-state index in [1.165, 1.54) is 17.0 Å². The Balaban J connectivity index is 1.87. The normalized spacial score (nSPS) is 14.8. The third kappa shape index (κ3) is 7.66. The van der Waals surface area contributed by atoms with Crippen molar-refractivity contribution >= 4 is 22.5 Å².